The van der Waals surface area contributed by atoms with Crippen molar-refractivity contribution in [1.29, 1.82) is 0 Å². The van der Waals surface area contributed by atoms with E-state index in [0.29, 0.717) is 16.3 Å². The fraction of sp³-hybridized carbons (Fsp3) is 0.222. The number of aliphatic hydroxyl groups is 1. The van der Waals surface area contributed by atoms with Gasteiger partial charge in [-0.3, -0.25) is 9.59 Å². The minimum absolute atomic E-state index is 0.0498. The van der Waals surface area contributed by atoms with Crippen LogP contribution in [-0.4, -0.2) is 23.5 Å². The molecule has 3 N–H and O–H groups in total. The molecule has 5 nitrogen and oxygen atoms in total. The summed E-state index contributed by atoms with van der Waals surface area (Å²) in [5, 5.41) is 15.5. The lowest BCUT2D eigenvalue weighted by Gasteiger charge is -2.14. The molecule has 0 aromatic heterocycles. The Morgan fingerprint density at radius 3 is 2.46 bits per heavy atom. The predicted octanol–water partition coefficient (Wildman–Crippen LogP) is 2.75. The first kappa shape index (κ1) is 18.0. The summed E-state index contributed by atoms with van der Waals surface area (Å²) in [4.78, 5) is 23.7. The summed E-state index contributed by atoms with van der Waals surface area (Å²) in [5.41, 5.74) is 2.94. The van der Waals surface area contributed by atoms with E-state index >= 15 is 0 Å². The Balaban J connectivity index is 1.91. The highest BCUT2D eigenvalue weighted by atomic mass is 35.5. The van der Waals surface area contributed by atoms with Gasteiger partial charge in [0.2, 0.25) is 0 Å². The van der Waals surface area contributed by atoms with Crippen molar-refractivity contribution in [1.82, 2.24) is 5.32 Å². The van der Waals surface area contributed by atoms with E-state index in [1.807, 2.05) is 26.0 Å². The average Bonchev–Trinajstić information content (AvgIpc) is 2.56. The third kappa shape index (κ3) is 4.57. The molecular formula is C18H19ClN2O3. The molecule has 0 aliphatic heterocycles. The Hall–Kier alpha value is -2.37. The van der Waals surface area contributed by atoms with E-state index < -0.39 is 17.9 Å². The number of hydrogen-bond donors (Lipinski definition) is 3. The lowest BCUT2D eigenvalue weighted by Crippen LogP contribution is -2.37. The van der Waals surface area contributed by atoms with Crippen molar-refractivity contribution in [2.24, 2.45) is 0 Å². The minimum atomic E-state index is -0.878. The van der Waals surface area contributed by atoms with Gasteiger partial charge in [0.05, 0.1) is 6.10 Å². The third-order valence-electron chi connectivity index (χ3n) is 3.64. The van der Waals surface area contributed by atoms with Crippen molar-refractivity contribution in [3.8, 4) is 0 Å². The second-order valence-electron chi connectivity index (χ2n) is 5.50. The molecule has 1 atom stereocenters. The number of anilines is 1. The fourth-order valence-corrected chi connectivity index (χ4v) is 2.38. The lowest BCUT2D eigenvalue weighted by molar-refractivity contribution is -0.136. The molecule has 0 heterocycles. The van der Waals surface area contributed by atoms with Gasteiger partial charge in [0, 0.05) is 17.3 Å². The topological polar surface area (TPSA) is 78.4 Å². The molecule has 0 spiro atoms. The average molecular weight is 347 g/mol. The fourth-order valence-electron chi connectivity index (χ4n) is 2.20. The Bertz CT molecular complexity index is 762. The number of aliphatic hydroxyl groups excluding tert-OH is 1. The zero-order valence-electron chi connectivity index (χ0n) is 13.5. The zero-order chi connectivity index (χ0) is 17.7. The molecule has 0 radical (unpaired) electrons. The number of nitrogens with one attached hydrogen (secondary N) is 2. The van der Waals surface area contributed by atoms with Crippen LogP contribution in [-0.2, 0) is 9.59 Å². The quantitative estimate of drug-likeness (QED) is 0.745. The van der Waals surface area contributed by atoms with E-state index in [4.69, 9.17) is 11.6 Å². The van der Waals surface area contributed by atoms with Crippen LogP contribution in [0, 0.1) is 13.8 Å². The van der Waals surface area contributed by atoms with Crippen LogP contribution >= 0.6 is 11.6 Å². The molecule has 2 aromatic carbocycles. The number of amides is 2. The molecule has 0 aliphatic rings. The van der Waals surface area contributed by atoms with Gasteiger partial charge in [-0.2, -0.15) is 0 Å². The van der Waals surface area contributed by atoms with E-state index in [9.17, 15) is 14.7 Å². The minimum Gasteiger partial charge on any atom is -0.387 e. The Morgan fingerprint density at radius 2 is 1.79 bits per heavy atom. The van der Waals surface area contributed by atoms with E-state index in [1.54, 1.807) is 30.3 Å². The Labute approximate surface area is 145 Å². The summed E-state index contributed by atoms with van der Waals surface area (Å²) in [6.07, 6.45) is -0.878. The lowest BCUT2D eigenvalue weighted by atomic mass is 10.0. The first-order chi connectivity index (χ1) is 11.4. The van der Waals surface area contributed by atoms with E-state index in [2.05, 4.69) is 10.6 Å². The standard InChI is InChI=1S/C18H19ClN2O3/c1-11-5-3-4-6-14(11)16(22)10-20-17(23)18(24)21-13-8-7-12(2)15(19)9-13/h3-9,16,22H,10H2,1-2H3,(H,20,23)(H,21,24)/t16-/m0/s1. The number of hydrogen-bond acceptors (Lipinski definition) is 3. The Morgan fingerprint density at radius 1 is 1.08 bits per heavy atom. The molecule has 2 amide bonds. The number of carbonyl (C=O) groups excluding carboxylic acids is 2. The molecule has 2 aromatic rings. The molecule has 2 rings (SSSR count). The summed E-state index contributed by atoms with van der Waals surface area (Å²) in [6.45, 7) is 3.66. The Kier molecular flexibility index (Phi) is 5.95. The molecule has 0 saturated carbocycles. The van der Waals surface area contributed by atoms with Gasteiger partial charge in [-0.1, -0.05) is 41.9 Å². The molecule has 0 saturated heterocycles. The van der Waals surface area contributed by atoms with Gasteiger partial charge in [0.25, 0.3) is 0 Å². The molecule has 24 heavy (non-hydrogen) atoms. The first-order valence-electron chi connectivity index (χ1n) is 7.47. The normalized spacial score (nSPS) is 11.7. The van der Waals surface area contributed by atoms with Crippen LogP contribution in [0.25, 0.3) is 0 Å². The van der Waals surface area contributed by atoms with Crippen LogP contribution in [0.15, 0.2) is 42.5 Å². The second kappa shape index (κ2) is 7.95. The summed E-state index contributed by atoms with van der Waals surface area (Å²) in [6, 6.07) is 12.3. The van der Waals surface area contributed by atoms with E-state index in [-0.39, 0.29) is 6.54 Å². The summed E-state index contributed by atoms with van der Waals surface area (Å²) < 4.78 is 0. The number of benzene rings is 2. The molecule has 0 aliphatic carbocycles. The van der Waals surface area contributed by atoms with Crippen molar-refractivity contribution in [2.45, 2.75) is 20.0 Å². The first-order valence-corrected chi connectivity index (χ1v) is 7.85. The second-order valence-corrected chi connectivity index (χ2v) is 5.91. The van der Waals surface area contributed by atoms with Crippen LogP contribution in [0.5, 0.6) is 0 Å². The van der Waals surface area contributed by atoms with Crippen LogP contribution < -0.4 is 10.6 Å². The van der Waals surface area contributed by atoms with E-state index in [1.165, 1.54) is 0 Å². The third-order valence-corrected chi connectivity index (χ3v) is 4.05. The van der Waals surface area contributed by atoms with Crippen LogP contribution in [0.3, 0.4) is 0 Å². The van der Waals surface area contributed by atoms with Gasteiger partial charge >= 0.3 is 11.8 Å². The van der Waals surface area contributed by atoms with Crippen molar-refractivity contribution < 1.29 is 14.7 Å². The molecule has 0 bridgehead atoms. The van der Waals surface area contributed by atoms with Crippen LogP contribution in [0.1, 0.15) is 22.8 Å². The molecular weight excluding hydrogens is 328 g/mol. The highest BCUT2D eigenvalue weighted by Gasteiger charge is 2.17. The maximum atomic E-state index is 11.9. The number of aryl methyl sites for hydroxylation is 2. The predicted molar refractivity (Wildman–Crippen MR) is 94.0 cm³/mol. The number of halogens is 1. The summed E-state index contributed by atoms with van der Waals surface area (Å²) in [7, 11) is 0. The highest BCUT2D eigenvalue weighted by Crippen LogP contribution is 2.20. The van der Waals surface area contributed by atoms with Gasteiger partial charge < -0.3 is 15.7 Å². The smallest absolute Gasteiger partial charge is 0.313 e. The van der Waals surface area contributed by atoms with Gasteiger partial charge in [0.1, 0.15) is 0 Å². The maximum absolute atomic E-state index is 11.9. The zero-order valence-corrected chi connectivity index (χ0v) is 14.2. The van der Waals surface area contributed by atoms with Crippen molar-refractivity contribution in [3.63, 3.8) is 0 Å². The van der Waals surface area contributed by atoms with Gasteiger partial charge in [0.15, 0.2) is 0 Å². The van der Waals surface area contributed by atoms with Crippen molar-refractivity contribution >= 4 is 29.1 Å². The summed E-state index contributed by atoms with van der Waals surface area (Å²) in [5.74, 6) is -1.63. The highest BCUT2D eigenvalue weighted by molar-refractivity contribution is 6.39. The van der Waals surface area contributed by atoms with Gasteiger partial charge in [-0.25, -0.2) is 0 Å². The number of carbonyl (C=O) groups is 2. The maximum Gasteiger partial charge on any atom is 0.313 e. The summed E-state index contributed by atoms with van der Waals surface area (Å²) >= 11 is 5.98. The van der Waals surface area contributed by atoms with Gasteiger partial charge in [-0.05, 0) is 42.7 Å². The van der Waals surface area contributed by atoms with Gasteiger partial charge in [-0.15, -0.1) is 0 Å². The molecule has 126 valence electrons. The van der Waals surface area contributed by atoms with Crippen LogP contribution in [0.2, 0.25) is 5.02 Å². The molecule has 6 heteroatoms. The van der Waals surface area contributed by atoms with Crippen molar-refractivity contribution in [2.75, 3.05) is 11.9 Å². The van der Waals surface area contributed by atoms with Crippen molar-refractivity contribution in [3.05, 3.63) is 64.2 Å². The number of rotatable bonds is 4. The largest absolute Gasteiger partial charge is 0.387 e. The SMILES string of the molecule is Cc1ccc(NC(=O)C(=O)NC[C@H](O)c2ccccc2C)cc1Cl. The molecule has 0 fully saturated rings. The van der Waals surface area contributed by atoms with Crippen LogP contribution in [0.4, 0.5) is 5.69 Å². The van der Waals surface area contributed by atoms with E-state index in [0.717, 1.165) is 11.1 Å². The monoisotopic (exact) mass is 346 g/mol. The molecule has 0 unspecified atom stereocenters.